The average molecular weight is 285 g/mol. The number of carbonyl (C=O) groups is 1. The Bertz CT molecular complexity index is 596. The van der Waals surface area contributed by atoms with Crippen LogP contribution in [0.2, 0.25) is 0 Å². The van der Waals surface area contributed by atoms with Gasteiger partial charge >= 0.3 is 0 Å². The van der Waals surface area contributed by atoms with Crippen molar-refractivity contribution in [3.63, 3.8) is 0 Å². The molecule has 1 fully saturated rings. The molecule has 1 aromatic heterocycles. The molecule has 0 saturated carbocycles. The minimum atomic E-state index is -3.83. The summed E-state index contributed by atoms with van der Waals surface area (Å²) < 4.78 is 26.1. The van der Waals surface area contributed by atoms with E-state index in [1.165, 1.54) is 0 Å². The number of rotatable bonds is 2. The van der Waals surface area contributed by atoms with Crippen molar-refractivity contribution in [2.75, 3.05) is 18.8 Å². The summed E-state index contributed by atoms with van der Waals surface area (Å²) in [5.41, 5.74) is 4.17. The molecule has 0 atom stereocenters. The molecular weight excluding hydrogens is 270 g/mol. The van der Waals surface area contributed by atoms with E-state index < -0.39 is 15.6 Å². The second kappa shape index (κ2) is 4.42. The molecule has 1 aliphatic rings. The van der Waals surface area contributed by atoms with E-state index in [4.69, 9.17) is 5.73 Å². The Labute approximate surface area is 111 Å². The molecule has 1 aliphatic heterocycles. The predicted octanol–water partition coefficient (Wildman–Crippen LogP) is -1.04. The number of nitrogens with zero attached hydrogens (tertiary/aromatic N) is 3. The maximum Gasteiger partial charge on any atom is 0.247 e. The second-order valence-electron chi connectivity index (χ2n) is 4.67. The number of aromatic nitrogens is 2. The van der Waals surface area contributed by atoms with Crippen molar-refractivity contribution in [2.45, 2.75) is 24.3 Å². The van der Waals surface area contributed by atoms with E-state index in [-0.39, 0.29) is 29.8 Å². The molecule has 104 valence electrons. The molecular formula is C10H15N5O3S. The van der Waals surface area contributed by atoms with Gasteiger partial charge in [-0.25, -0.2) is 18.4 Å². The van der Waals surface area contributed by atoms with Gasteiger partial charge in [0.05, 0.1) is 12.4 Å². The molecule has 0 bridgehead atoms. The Morgan fingerprint density at radius 1 is 1.37 bits per heavy atom. The van der Waals surface area contributed by atoms with E-state index in [0.717, 1.165) is 16.7 Å². The molecule has 0 unspecified atom stereocenters. The number of amides is 1. The fourth-order valence-corrected chi connectivity index (χ4v) is 3.53. The molecule has 8 nitrogen and oxygen atoms in total. The molecule has 0 aliphatic carbocycles. The Hall–Kier alpha value is -1.74. The first kappa shape index (κ1) is 13.7. The van der Waals surface area contributed by atoms with Crippen molar-refractivity contribution in [2.24, 2.45) is 0 Å². The zero-order chi connectivity index (χ0) is 14.3. The summed E-state index contributed by atoms with van der Waals surface area (Å²) >= 11 is 0. The van der Waals surface area contributed by atoms with Gasteiger partial charge < -0.3 is 11.1 Å². The van der Waals surface area contributed by atoms with Crippen LogP contribution in [0.25, 0.3) is 0 Å². The third-order valence-electron chi connectivity index (χ3n) is 3.02. The van der Waals surface area contributed by atoms with Gasteiger partial charge in [-0.2, -0.15) is 4.31 Å². The zero-order valence-corrected chi connectivity index (χ0v) is 11.4. The van der Waals surface area contributed by atoms with Gasteiger partial charge in [0.2, 0.25) is 21.9 Å². The number of nitrogens with one attached hydrogen (secondary N) is 1. The Morgan fingerprint density at radius 3 is 2.53 bits per heavy atom. The number of hydrogen-bond donors (Lipinski definition) is 2. The third kappa shape index (κ3) is 2.26. The fourth-order valence-electron chi connectivity index (χ4n) is 1.89. The maximum absolute atomic E-state index is 12.5. The summed E-state index contributed by atoms with van der Waals surface area (Å²) in [6.45, 7) is 3.58. The number of piperazine rings is 1. The summed E-state index contributed by atoms with van der Waals surface area (Å²) in [7, 11) is -3.83. The van der Waals surface area contributed by atoms with Gasteiger partial charge in [-0.15, -0.1) is 0 Å². The molecule has 1 aromatic rings. The minimum absolute atomic E-state index is 0.00500. The van der Waals surface area contributed by atoms with Crippen molar-refractivity contribution < 1.29 is 13.2 Å². The smallest absolute Gasteiger partial charge is 0.247 e. The molecule has 3 N–H and O–H groups in total. The van der Waals surface area contributed by atoms with E-state index >= 15 is 0 Å². The number of nitrogens with two attached hydrogens (primary N) is 1. The van der Waals surface area contributed by atoms with Crippen LogP contribution in [0.3, 0.4) is 0 Å². The Balaban J connectivity index is 2.44. The van der Waals surface area contributed by atoms with Crippen molar-refractivity contribution in [3.05, 3.63) is 12.4 Å². The van der Waals surface area contributed by atoms with Crippen LogP contribution in [-0.4, -0.2) is 47.2 Å². The van der Waals surface area contributed by atoms with Gasteiger partial charge in [-0.1, -0.05) is 0 Å². The van der Waals surface area contributed by atoms with Crippen LogP contribution in [0.1, 0.15) is 13.8 Å². The summed E-state index contributed by atoms with van der Waals surface area (Å²) in [6.07, 6.45) is 2.28. The average Bonchev–Trinajstić information content (AvgIpc) is 2.33. The zero-order valence-electron chi connectivity index (χ0n) is 10.6. The number of anilines is 1. The number of nitrogen functional groups attached to an aromatic ring is 1. The first-order chi connectivity index (χ1) is 8.76. The van der Waals surface area contributed by atoms with Gasteiger partial charge in [-0.05, 0) is 13.8 Å². The van der Waals surface area contributed by atoms with E-state index in [0.29, 0.717) is 0 Å². The summed E-state index contributed by atoms with van der Waals surface area (Å²) in [5.74, 6) is -0.340. The number of carbonyl (C=O) groups excluding carboxylic acids is 1. The molecule has 19 heavy (non-hydrogen) atoms. The van der Waals surface area contributed by atoms with Crippen LogP contribution in [0.4, 0.5) is 5.95 Å². The lowest BCUT2D eigenvalue weighted by Crippen LogP contribution is -2.63. The second-order valence-corrected chi connectivity index (χ2v) is 6.53. The quantitative estimate of drug-likeness (QED) is 0.716. The molecule has 9 heteroatoms. The minimum Gasteiger partial charge on any atom is -0.368 e. The van der Waals surface area contributed by atoms with Crippen molar-refractivity contribution in [3.8, 4) is 0 Å². The van der Waals surface area contributed by atoms with Gasteiger partial charge in [0.25, 0.3) is 0 Å². The van der Waals surface area contributed by atoms with Gasteiger partial charge in [-0.3, -0.25) is 4.79 Å². The monoisotopic (exact) mass is 285 g/mol. The highest BCUT2D eigenvalue weighted by Gasteiger charge is 2.45. The highest BCUT2D eigenvalue weighted by molar-refractivity contribution is 7.89. The van der Waals surface area contributed by atoms with Gasteiger partial charge in [0.15, 0.2) is 0 Å². The van der Waals surface area contributed by atoms with Crippen LogP contribution < -0.4 is 11.1 Å². The van der Waals surface area contributed by atoms with E-state index in [9.17, 15) is 13.2 Å². The van der Waals surface area contributed by atoms with Crippen molar-refractivity contribution in [1.29, 1.82) is 0 Å². The first-order valence-corrected chi connectivity index (χ1v) is 7.09. The SMILES string of the molecule is CC1(C)C(=O)NCCN1S(=O)(=O)c1cnc(N)nc1. The van der Waals surface area contributed by atoms with Crippen LogP contribution in [-0.2, 0) is 14.8 Å². The summed E-state index contributed by atoms with van der Waals surface area (Å²) in [6, 6.07) is 0. The van der Waals surface area contributed by atoms with Crippen molar-refractivity contribution in [1.82, 2.24) is 19.6 Å². The van der Waals surface area contributed by atoms with Crippen LogP contribution >= 0.6 is 0 Å². The molecule has 1 amide bonds. The maximum atomic E-state index is 12.5. The lowest BCUT2D eigenvalue weighted by molar-refractivity contribution is -0.131. The van der Waals surface area contributed by atoms with Gasteiger partial charge in [0.1, 0.15) is 10.4 Å². The standard InChI is InChI=1S/C10H15N5O3S/c1-10(2)8(16)12-3-4-15(10)19(17,18)7-5-13-9(11)14-6-7/h5-6H,3-4H2,1-2H3,(H,12,16)(H2,11,13,14). The van der Waals surface area contributed by atoms with Crippen molar-refractivity contribution >= 4 is 21.9 Å². The predicted molar refractivity (Wildman–Crippen MR) is 67.4 cm³/mol. The van der Waals surface area contributed by atoms with Crippen LogP contribution in [0, 0.1) is 0 Å². The summed E-state index contributed by atoms with van der Waals surface area (Å²) in [5, 5.41) is 2.64. The van der Waals surface area contributed by atoms with Crippen LogP contribution in [0.15, 0.2) is 17.3 Å². The Kier molecular flexibility index (Phi) is 3.19. The molecule has 2 heterocycles. The molecule has 0 aromatic carbocycles. The van der Waals surface area contributed by atoms with E-state index in [1.807, 2.05) is 0 Å². The molecule has 1 saturated heterocycles. The van der Waals surface area contributed by atoms with E-state index in [2.05, 4.69) is 15.3 Å². The highest BCUT2D eigenvalue weighted by Crippen LogP contribution is 2.25. The lowest BCUT2D eigenvalue weighted by atomic mass is 10.0. The topological polar surface area (TPSA) is 118 Å². The number of hydrogen-bond acceptors (Lipinski definition) is 6. The molecule has 0 spiro atoms. The molecule has 0 radical (unpaired) electrons. The Morgan fingerprint density at radius 2 is 1.95 bits per heavy atom. The van der Waals surface area contributed by atoms with Gasteiger partial charge in [0, 0.05) is 13.1 Å². The third-order valence-corrected chi connectivity index (χ3v) is 5.04. The lowest BCUT2D eigenvalue weighted by Gasteiger charge is -2.39. The van der Waals surface area contributed by atoms with E-state index in [1.54, 1.807) is 13.8 Å². The molecule has 2 rings (SSSR count). The number of sulfonamides is 1. The fraction of sp³-hybridized carbons (Fsp3) is 0.500. The normalized spacial score (nSPS) is 20.0. The summed E-state index contributed by atoms with van der Waals surface area (Å²) in [4.78, 5) is 19.0. The first-order valence-electron chi connectivity index (χ1n) is 5.65. The highest BCUT2D eigenvalue weighted by atomic mass is 32.2. The largest absolute Gasteiger partial charge is 0.368 e. The van der Waals surface area contributed by atoms with Crippen LogP contribution in [0.5, 0.6) is 0 Å².